The smallest absolute Gasteiger partial charge is 0.265 e. The van der Waals surface area contributed by atoms with Gasteiger partial charge in [-0.3, -0.25) is 9.10 Å². The fraction of sp³-hybridized carbons (Fsp3) is 0.0952. The molecule has 0 atom stereocenters. The third-order valence-electron chi connectivity index (χ3n) is 4.60. The van der Waals surface area contributed by atoms with E-state index in [1.807, 2.05) is 19.1 Å². The minimum atomic E-state index is -3.87. The largest absolute Gasteiger partial charge is 0.325 e. The van der Waals surface area contributed by atoms with Gasteiger partial charge in [0.1, 0.15) is 6.54 Å². The number of aryl methyl sites for hydroxylation is 1. The van der Waals surface area contributed by atoms with Crippen molar-refractivity contribution in [2.24, 2.45) is 0 Å². The second kappa shape index (κ2) is 6.96. The molecule has 0 radical (unpaired) electrons. The fourth-order valence-corrected chi connectivity index (χ4v) is 5.06. The van der Waals surface area contributed by atoms with Crippen LogP contribution in [0.15, 0.2) is 71.6 Å². The Hall–Kier alpha value is -2.83. The third kappa shape index (κ3) is 3.25. The molecule has 0 spiro atoms. The van der Waals surface area contributed by atoms with Gasteiger partial charge < -0.3 is 5.32 Å². The molecular weight excluding hydrogens is 396 g/mol. The third-order valence-corrected chi connectivity index (χ3v) is 6.65. The Kier molecular flexibility index (Phi) is 4.61. The first kappa shape index (κ1) is 18.5. The van der Waals surface area contributed by atoms with Crippen LogP contribution in [-0.2, 0) is 14.8 Å². The van der Waals surface area contributed by atoms with Gasteiger partial charge in [-0.25, -0.2) is 8.42 Å². The summed E-state index contributed by atoms with van der Waals surface area (Å²) in [5, 5.41) is 3.25. The molecule has 0 unspecified atom stereocenters. The highest BCUT2D eigenvalue weighted by molar-refractivity contribution is 7.93. The summed E-state index contributed by atoms with van der Waals surface area (Å²) >= 11 is 6.14. The number of halogens is 1. The molecule has 0 bridgehead atoms. The molecule has 1 amide bonds. The molecule has 5 nitrogen and oxygen atoms in total. The zero-order valence-electron chi connectivity index (χ0n) is 15.0. The maximum absolute atomic E-state index is 13.2. The summed E-state index contributed by atoms with van der Waals surface area (Å²) in [5.41, 5.74) is 3.37. The highest BCUT2D eigenvalue weighted by Crippen LogP contribution is 2.43. The zero-order valence-corrected chi connectivity index (χ0v) is 16.6. The maximum Gasteiger partial charge on any atom is 0.265 e. The van der Waals surface area contributed by atoms with Crippen LogP contribution < -0.4 is 9.62 Å². The zero-order chi connectivity index (χ0) is 19.9. The number of fused-ring (bicyclic) bond motifs is 3. The van der Waals surface area contributed by atoms with Crippen LogP contribution in [0.3, 0.4) is 0 Å². The van der Waals surface area contributed by atoms with Gasteiger partial charge in [0.2, 0.25) is 5.91 Å². The lowest BCUT2D eigenvalue weighted by atomic mass is 10.0. The van der Waals surface area contributed by atoms with E-state index >= 15 is 0 Å². The van der Waals surface area contributed by atoms with Crippen molar-refractivity contribution in [3.63, 3.8) is 0 Å². The summed E-state index contributed by atoms with van der Waals surface area (Å²) in [5.74, 6) is -0.423. The van der Waals surface area contributed by atoms with E-state index < -0.39 is 15.9 Å². The van der Waals surface area contributed by atoms with Crippen molar-refractivity contribution < 1.29 is 13.2 Å². The molecule has 0 saturated carbocycles. The first-order valence-electron chi connectivity index (χ1n) is 8.64. The summed E-state index contributed by atoms with van der Waals surface area (Å²) in [7, 11) is -3.87. The molecule has 1 heterocycles. The van der Waals surface area contributed by atoms with Crippen molar-refractivity contribution in [2.75, 3.05) is 16.2 Å². The number of benzene rings is 3. The van der Waals surface area contributed by atoms with E-state index in [9.17, 15) is 13.2 Å². The van der Waals surface area contributed by atoms with E-state index in [4.69, 9.17) is 11.6 Å². The minimum absolute atomic E-state index is 0.160. The Morgan fingerprint density at radius 1 is 1.00 bits per heavy atom. The Labute approximate surface area is 168 Å². The van der Waals surface area contributed by atoms with Crippen molar-refractivity contribution in [3.8, 4) is 11.1 Å². The number of rotatable bonds is 3. The van der Waals surface area contributed by atoms with E-state index in [2.05, 4.69) is 5.32 Å². The van der Waals surface area contributed by atoms with E-state index in [0.29, 0.717) is 27.5 Å². The number of anilines is 2. The number of hydrogen-bond donors (Lipinski definition) is 1. The van der Waals surface area contributed by atoms with Crippen LogP contribution in [0.4, 0.5) is 11.4 Å². The van der Waals surface area contributed by atoms with Crippen LogP contribution in [0, 0.1) is 6.92 Å². The van der Waals surface area contributed by atoms with E-state index in [1.54, 1.807) is 54.6 Å². The molecule has 28 heavy (non-hydrogen) atoms. The van der Waals surface area contributed by atoms with Gasteiger partial charge in [-0.2, -0.15) is 0 Å². The number of carbonyl (C=O) groups excluding carboxylic acids is 1. The first-order valence-corrected chi connectivity index (χ1v) is 10.5. The maximum atomic E-state index is 13.2. The molecule has 1 aliphatic heterocycles. The molecule has 0 saturated heterocycles. The van der Waals surface area contributed by atoms with Crippen LogP contribution in [0.25, 0.3) is 11.1 Å². The van der Waals surface area contributed by atoms with Gasteiger partial charge in [0.25, 0.3) is 10.0 Å². The van der Waals surface area contributed by atoms with Crippen molar-refractivity contribution in [2.45, 2.75) is 11.8 Å². The number of nitrogens with zero attached hydrogens (tertiary/aromatic N) is 1. The predicted molar refractivity (Wildman–Crippen MR) is 111 cm³/mol. The van der Waals surface area contributed by atoms with Crippen LogP contribution in [-0.4, -0.2) is 20.9 Å². The van der Waals surface area contributed by atoms with Crippen LogP contribution in [0.5, 0.6) is 0 Å². The number of nitrogens with one attached hydrogen (secondary N) is 1. The Bertz CT molecular complexity index is 1170. The fourth-order valence-electron chi connectivity index (χ4n) is 3.24. The average Bonchev–Trinajstić information content (AvgIpc) is 2.67. The Balaban J connectivity index is 1.72. The molecule has 3 aromatic carbocycles. The molecule has 1 aliphatic rings. The van der Waals surface area contributed by atoms with Gasteiger partial charge in [0.05, 0.1) is 10.6 Å². The van der Waals surface area contributed by atoms with Gasteiger partial charge in [-0.05, 0) is 43.3 Å². The lowest BCUT2D eigenvalue weighted by Gasteiger charge is -2.31. The normalized spacial score (nSPS) is 14.1. The number of carbonyl (C=O) groups is 1. The summed E-state index contributed by atoms with van der Waals surface area (Å²) in [6.07, 6.45) is 0. The lowest BCUT2D eigenvalue weighted by Crippen LogP contribution is -2.40. The monoisotopic (exact) mass is 412 g/mol. The molecular formula is C21H17ClN2O3S. The molecule has 3 aromatic rings. The topological polar surface area (TPSA) is 66.5 Å². The van der Waals surface area contributed by atoms with Crippen molar-refractivity contribution in [1.29, 1.82) is 0 Å². The standard InChI is InChI=1S/C21H17ClN2O3S/c1-14-6-9-16(10-7-14)23-21(25)13-24-19-11-8-15(22)12-18(19)17-4-2-3-5-20(17)28(24,26)27/h2-12H,13H2,1H3,(H,23,25). The molecule has 0 fully saturated rings. The van der Waals surface area contributed by atoms with Crippen molar-refractivity contribution in [1.82, 2.24) is 0 Å². The second-order valence-electron chi connectivity index (χ2n) is 6.58. The van der Waals surface area contributed by atoms with E-state index in [1.165, 1.54) is 0 Å². The van der Waals surface area contributed by atoms with Gasteiger partial charge >= 0.3 is 0 Å². The number of hydrogen-bond acceptors (Lipinski definition) is 3. The van der Waals surface area contributed by atoms with Gasteiger partial charge in [0.15, 0.2) is 0 Å². The highest BCUT2D eigenvalue weighted by atomic mass is 35.5. The van der Waals surface area contributed by atoms with Crippen molar-refractivity contribution in [3.05, 3.63) is 77.3 Å². The lowest BCUT2D eigenvalue weighted by molar-refractivity contribution is -0.114. The molecule has 142 valence electrons. The highest BCUT2D eigenvalue weighted by Gasteiger charge is 2.35. The second-order valence-corrected chi connectivity index (χ2v) is 8.85. The Morgan fingerprint density at radius 2 is 1.71 bits per heavy atom. The quantitative estimate of drug-likeness (QED) is 0.690. The average molecular weight is 413 g/mol. The summed E-state index contributed by atoms with van der Waals surface area (Å²) in [6.45, 7) is 1.62. The molecule has 4 rings (SSSR count). The number of amides is 1. The SMILES string of the molecule is Cc1ccc(NC(=O)CN2c3ccc(Cl)cc3-c3ccccc3S2(=O)=O)cc1. The minimum Gasteiger partial charge on any atom is -0.325 e. The first-order chi connectivity index (χ1) is 13.4. The van der Waals surface area contributed by atoms with Crippen LogP contribution in [0.2, 0.25) is 5.02 Å². The molecule has 0 aromatic heterocycles. The van der Waals surface area contributed by atoms with Crippen LogP contribution >= 0.6 is 11.6 Å². The van der Waals surface area contributed by atoms with Gasteiger partial charge in [0, 0.05) is 21.8 Å². The number of sulfonamides is 1. The van der Waals surface area contributed by atoms with E-state index in [0.717, 1.165) is 9.87 Å². The van der Waals surface area contributed by atoms with E-state index in [-0.39, 0.29) is 11.4 Å². The van der Waals surface area contributed by atoms with Crippen molar-refractivity contribution >= 4 is 38.9 Å². The summed E-state index contributed by atoms with van der Waals surface area (Å²) in [6, 6.07) is 19.0. The van der Waals surface area contributed by atoms with Gasteiger partial charge in [-0.1, -0.05) is 47.5 Å². The van der Waals surface area contributed by atoms with Gasteiger partial charge in [-0.15, -0.1) is 0 Å². The predicted octanol–water partition coefficient (Wildman–Crippen LogP) is 4.46. The Morgan fingerprint density at radius 3 is 2.46 bits per heavy atom. The molecule has 7 heteroatoms. The summed E-state index contributed by atoms with van der Waals surface area (Å²) < 4.78 is 27.5. The molecule has 0 aliphatic carbocycles. The summed E-state index contributed by atoms with van der Waals surface area (Å²) in [4.78, 5) is 12.8. The van der Waals surface area contributed by atoms with Crippen LogP contribution in [0.1, 0.15) is 5.56 Å². The molecule has 1 N–H and O–H groups in total.